The summed E-state index contributed by atoms with van der Waals surface area (Å²) >= 11 is 5.02. The van der Waals surface area contributed by atoms with Crippen molar-refractivity contribution in [2.75, 3.05) is 34.3 Å². The number of halogens is 1. The zero-order valence-electron chi connectivity index (χ0n) is 17.6. The van der Waals surface area contributed by atoms with Crippen molar-refractivity contribution in [3.05, 3.63) is 58.6 Å². The van der Waals surface area contributed by atoms with Crippen molar-refractivity contribution in [3.8, 4) is 5.75 Å². The quantitative estimate of drug-likeness (QED) is 0.399. The highest BCUT2D eigenvalue weighted by atomic mass is 79.9. The number of ether oxygens (including phenoxy) is 2. The second kappa shape index (κ2) is 12.0. The van der Waals surface area contributed by atoms with Crippen LogP contribution in [0, 0.1) is 0 Å². The van der Waals surface area contributed by atoms with E-state index in [0.29, 0.717) is 18.8 Å². The number of carbonyl (C=O) groups is 2. The average Bonchev–Trinajstić information content (AvgIpc) is 2.71. The third-order valence-corrected chi connectivity index (χ3v) is 6.56. The van der Waals surface area contributed by atoms with Gasteiger partial charge in [0, 0.05) is 29.4 Å². The first-order chi connectivity index (χ1) is 14.3. The lowest BCUT2D eigenvalue weighted by molar-refractivity contribution is -0.153. The zero-order valence-corrected chi connectivity index (χ0v) is 20.0. The molecule has 162 valence electrons. The van der Waals surface area contributed by atoms with E-state index >= 15 is 0 Å². The predicted octanol–water partition coefficient (Wildman–Crippen LogP) is 3.90. The number of likely N-dealkylation sites (N-methyl/N-ethyl adjacent to an activating group) is 1. The molecule has 1 N–H and O–H groups in total. The average molecular weight is 495 g/mol. The van der Waals surface area contributed by atoms with E-state index in [1.807, 2.05) is 67.5 Å². The van der Waals surface area contributed by atoms with E-state index in [9.17, 15) is 9.59 Å². The highest BCUT2D eigenvalue weighted by Gasteiger charge is 2.34. The molecule has 2 rings (SSSR count). The van der Waals surface area contributed by atoms with Crippen LogP contribution in [0.3, 0.4) is 0 Å². The maximum Gasteiger partial charge on any atom is 0.303 e. The number of methoxy groups -OCH3 is 1. The number of thioether (sulfide) groups is 1. The molecule has 0 aliphatic heterocycles. The van der Waals surface area contributed by atoms with Gasteiger partial charge in [0.2, 0.25) is 0 Å². The van der Waals surface area contributed by atoms with Gasteiger partial charge < -0.3 is 19.7 Å². The maximum absolute atomic E-state index is 13.0. The summed E-state index contributed by atoms with van der Waals surface area (Å²) in [6.07, 6.45) is -0.991. The van der Waals surface area contributed by atoms with E-state index in [-0.39, 0.29) is 5.91 Å². The highest BCUT2D eigenvalue weighted by molar-refractivity contribution is 9.10. The van der Waals surface area contributed by atoms with Crippen LogP contribution in [-0.4, -0.2) is 57.2 Å². The summed E-state index contributed by atoms with van der Waals surface area (Å²) in [5, 5.41) is 2.44. The van der Waals surface area contributed by atoms with Crippen molar-refractivity contribution in [1.29, 1.82) is 0 Å². The fourth-order valence-corrected chi connectivity index (χ4v) is 4.48. The molecule has 0 aliphatic carbocycles. The third-order valence-electron chi connectivity index (χ3n) is 4.22. The number of hydrogen-bond acceptors (Lipinski definition) is 6. The molecule has 0 unspecified atom stereocenters. The van der Waals surface area contributed by atoms with E-state index in [2.05, 4.69) is 21.2 Å². The van der Waals surface area contributed by atoms with Crippen LogP contribution in [0.25, 0.3) is 0 Å². The SMILES string of the molecule is COc1ccc([C@H](Sc2ccccc2Br)[C@@H](OC(C)=O)C(=O)NCCN(C)C)cc1. The second-order valence-electron chi connectivity index (χ2n) is 6.87. The lowest BCUT2D eigenvalue weighted by Gasteiger charge is -2.27. The smallest absolute Gasteiger partial charge is 0.303 e. The van der Waals surface area contributed by atoms with Gasteiger partial charge in [-0.25, -0.2) is 0 Å². The minimum Gasteiger partial charge on any atom is -0.497 e. The van der Waals surface area contributed by atoms with Gasteiger partial charge in [-0.05, 0) is 59.9 Å². The molecule has 0 saturated heterocycles. The molecule has 2 aromatic carbocycles. The summed E-state index contributed by atoms with van der Waals surface area (Å²) in [5.74, 6) is -0.121. The van der Waals surface area contributed by atoms with Gasteiger partial charge in [0.05, 0.1) is 12.4 Å². The van der Waals surface area contributed by atoms with E-state index in [1.165, 1.54) is 18.7 Å². The van der Waals surface area contributed by atoms with Crippen molar-refractivity contribution in [3.63, 3.8) is 0 Å². The van der Waals surface area contributed by atoms with Crippen LogP contribution < -0.4 is 10.1 Å². The lowest BCUT2D eigenvalue weighted by Crippen LogP contribution is -2.42. The third kappa shape index (κ3) is 7.34. The van der Waals surface area contributed by atoms with E-state index < -0.39 is 17.3 Å². The van der Waals surface area contributed by atoms with Gasteiger partial charge in [-0.2, -0.15) is 0 Å². The van der Waals surface area contributed by atoms with Gasteiger partial charge in [-0.1, -0.05) is 24.3 Å². The van der Waals surface area contributed by atoms with E-state index in [1.54, 1.807) is 7.11 Å². The Morgan fingerprint density at radius 3 is 2.37 bits per heavy atom. The van der Waals surface area contributed by atoms with Gasteiger partial charge in [0.25, 0.3) is 5.91 Å². The molecule has 8 heteroatoms. The van der Waals surface area contributed by atoms with Crippen LogP contribution in [0.5, 0.6) is 5.75 Å². The number of nitrogens with zero attached hydrogens (tertiary/aromatic N) is 1. The Balaban J connectivity index is 2.38. The van der Waals surface area contributed by atoms with Gasteiger partial charge in [-0.3, -0.25) is 9.59 Å². The zero-order chi connectivity index (χ0) is 22.1. The number of nitrogens with one attached hydrogen (secondary N) is 1. The molecule has 2 atom stereocenters. The number of carbonyl (C=O) groups excluding carboxylic acids is 2. The lowest BCUT2D eigenvalue weighted by atomic mass is 10.1. The minimum atomic E-state index is -0.991. The van der Waals surface area contributed by atoms with Crippen LogP contribution in [-0.2, 0) is 14.3 Å². The number of amides is 1. The Morgan fingerprint density at radius 2 is 1.80 bits per heavy atom. The molecule has 2 aromatic rings. The fourth-order valence-electron chi connectivity index (χ4n) is 2.71. The summed E-state index contributed by atoms with van der Waals surface area (Å²) in [7, 11) is 5.46. The Labute approximate surface area is 190 Å². The molecule has 6 nitrogen and oxygen atoms in total. The van der Waals surface area contributed by atoms with E-state index in [4.69, 9.17) is 9.47 Å². The first kappa shape index (κ1) is 24.2. The summed E-state index contributed by atoms with van der Waals surface area (Å²) in [5.41, 5.74) is 0.852. The molecule has 0 radical (unpaired) electrons. The summed E-state index contributed by atoms with van der Waals surface area (Å²) < 4.78 is 11.7. The summed E-state index contributed by atoms with van der Waals surface area (Å²) in [6.45, 7) is 2.45. The van der Waals surface area contributed by atoms with Gasteiger partial charge >= 0.3 is 5.97 Å². The highest BCUT2D eigenvalue weighted by Crippen LogP contribution is 2.42. The minimum absolute atomic E-state index is 0.326. The van der Waals surface area contributed by atoms with Crippen LogP contribution in [0.4, 0.5) is 0 Å². The van der Waals surface area contributed by atoms with Crippen molar-refractivity contribution in [2.45, 2.75) is 23.2 Å². The Bertz CT molecular complexity index is 845. The predicted molar refractivity (Wildman–Crippen MR) is 123 cm³/mol. The molecule has 0 aromatic heterocycles. The molecule has 30 heavy (non-hydrogen) atoms. The van der Waals surface area contributed by atoms with Crippen LogP contribution >= 0.6 is 27.7 Å². The van der Waals surface area contributed by atoms with Crippen LogP contribution in [0.15, 0.2) is 57.9 Å². The first-order valence-electron chi connectivity index (χ1n) is 9.46. The second-order valence-corrected chi connectivity index (χ2v) is 8.90. The molecule has 0 aliphatic rings. The topological polar surface area (TPSA) is 67.9 Å². The van der Waals surface area contributed by atoms with Gasteiger partial charge in [0.15, 0.2) is 6.10 Å². The fraction of sp³-hybridized carbons (Fsp3) is 0.364. The number of hydrogen-bond donors (Lipinski definition) is 1. The van der Waals surface area contributed by atoms with Gasteiger partial charge in [-0.15, -0.1) is 11.8 Å². The standard InChI is InChI=1S/C22H27BrN2O4S/c1-15(26)29-20(22(27)24-13-14-25(2)3)21(16-9-11-17(28-4)12-10-16)30-19-8-6-5-7-18(19)23/h5-12,20-21H,13-14H2,1-4H3,(H,24,27)/t20-,21+/m1/s1. The molecule has 0 heterocycles. The Kier molecular flexibility index (Phi) is 9.68. The van der Waals surface area contributed by atoms with E-state index in [0.717, 1.165) is 14.9 Å². The molecule has 0 bridgehead atoms. The Morgan fingerprint density at radius 1 is 1.13 bits per heavy atom. The normalized spacial score (nSPS) is 12.9. The van der Waals surface area contributed by atoms with Crippen molar-refractivity contribution >= 4 is 39.6 Å². The molecule has 0 spiro atoms. The monoisotopic (exact) mass is 494 g/mol. The van der Waals surface area contributed by atoms with Crippen LogP contribution in [0.1, 0.15) is 17.7 Å². The first-order valence-corrected chi connectivity index (χ1v) is 11.1. The largest absolute Gasteiger partial charge is 0.497 e. The van der Waals surface area contributed by atoms with Crippen molar-refractivity contribution < 1.29 is 19.1 Å². The number of rotatable bonds is 10. The van der Waals surface area contributed by atoms with Crippen molar-refractivity contribution in [2.24, 2.45) is 0 Å². The molecular formula is C22H27BrN2O4S. The Hall–Kier alpha value is -2.03. The van der Waals surface area contributed by atoms with Crippen LogP contribution in [0.2, 0.25) is 0 Å². The number of esters is 1. The molecule has 0 fully saturated rings. The maximum atomic E-state index is 13.0. The molecule has 1 amide bonds. The van der Waals surface area contributed by atoms with Crippen molar-refractivity contribution in [1.82, 2.24) is 10.2 Å². The summed E-state index contributed by atoms with van der Waals surface area (Å²) in [4.78, 5) is 27.8. The number of benzene rings is 2. The summed E-state index contributed by atoms with van der Waals surface area (Å²) in [6, 6.07) is 15.2. The molecular weight excluding hydrogens is 468 g/mol. The molecule has 0 saturated carbocycles. The van der Waals surface area contributed by atoms with Gasteiger partial charge in [0.1, 0.15) is 5.75 Å².